The van der Waals surface area contributed by atoms with Gasteiger partial charge in [0.15, 0.2) is 0 Å². The van der Waals surface area contributed by atoms with Gasteiger partial charge in [-0.15, -0.1) is 11.8 Å². The Bertz CT molecular complexity index is 575. The van der Waals surface area contributed by atoms with Crippen LogP contribution >= 0.6 is 11.8 Å². The van der Waals surface area contributed by atoms with Crippen molar-refractivity contribution in [1.29, 1.82) is 0 Å². The Morgan fingerprint density at radius 3 is 2.81 bits per heavy atom. The van der Waals surface area contributed by atoms with Crippen LogP contribution in [0.25, 0.3) is 0 Å². The van der Waals surface area contributed by atoms with Crippen molar-refractivity contribution in [2.45, 2.75) is 51.7 Å². The first-order chi connectivity index (χ1) is 12.9. The summed E-state index contributed by atoms with van der Waals surface area (Å²) in [5, 5.41) is 20.8. The normalized spacial score (nSPS) is 31.3. The van der Waals surface area contributed by atoms with E-state index in [9.17, 15) is 10.2 Å². The predicted molar refractivity (Wildman–Crippen MR) is 117 cm³/mol. The molecule has 0 unspecified atom stereocenters. The molecule has 0 radical (unpaired) electrons. The van der Waals surface area contributed by atoms with E-state index in [2.05, 4.69) is 43.0 Å². The van der Waals surface area contributed by atoms with Crippen molar-refractivity contribution in [3.63, 3.8) is 0 Å². The standard InChI is InChI=1S/C23H37NO2S/c1-5-6-7-17(2)22(25)9-8-20-21-15-18(14-19(21)16-23(20)26)10-12-27-13-11-24(3)4/h8-10,17,19-23,25-26H,7,11-16H2,1-4H3/t17-,19-,20+,21-,22+,23+/m0/s1. The first kappa shape index (κ1) is 22.6. The molecule has 2 fully saturated rings. The van der Waals surface area contributed by atoms with Gasteiger partial charge in [0.05, 0.1) is 12.2 Å². The van der Waals surface area contributed by atoms with Gasteiger partial charge < -0.3 is 15.1 Å². The monoisotopic (exact) mass is 391 g/mol. The second-order valence-corrected chi connectivity index (χ2v) is 9.59. The second-order valence-electron chi connectivity index (χ2n) is 8.44. The van der Waals surface area contributed by atoms with Crippen LogP contribution in [0.2, 0.25) is 0 Å². The van der Waals surface area contributed by atoms with E-state index in [0.29, 0.717) is 18.3 Å². The van der Waals surface area contributed by atoms with Crippen molar-refractivity contribution in [1.82, 2.24) is 4.90 Å². The molecule has 0 amide bonds. The van der Waals surface area contributed by atoms with Crippen molar-refractivity contribution in [2.24, 2.45) is 23.7 Å². The minimum absolute atomic E-state index is 0.126. The van der Waals surface area contributed by atoms with Crippen LogP contribution in [0.15, 0.2) is 23.8 Å². The summed E-state index contributed by atoms with van der Waals surface area (Å²) in [6.07, 6.45) is 9.53. The molecule has 0 aliphatic heterocycles. The summed E-state index contributed by atoms with van der Waals surface area (Å²) < 4.78 is 0. The molecule has 3 nitrogen and oxygen atoms in total. The first-order valence-electron chi connectivity index (χ1n) is 10.3. The fourth-order valence-corrected chi connectivity index (χ4v) is 5.28. The Labute approximate surface area is 170 Å². The molecule has 0 aromatic rings. The van der Waals surface area contributed by atoms with Gasteiger partial charge in [0, 0.05) is 30.4 Å². The quantitative estimate of drug-likeness (QED) is 0.358. The van der Waals surface area contributed by atoms with Crippen LogP contribution in [0.1, 0.15) is 39.5 Å². The molecule has 0 spiro atoms. The van der Waals surface area contributed by atoms with Gasteiger partial charge in [-0.05, 0) is 58.0 Å². The first-order valence-corrected chi connectivity index (χ1v) is 11.4. The van der Waals surface area contributed by atoms with Crippen LogP contribution in [0, 0.1) is 35.5 Å². The van der Waals surface area contributed by atoms with Crippen LogP contribution < -0.4 is 0 Å². The van der Waals surface area contributed by atoms with Crippen molar-refractivity contribution in [3.05, 3.63) is 23.8 Å². The lowest BCUT2D eigenvalue weighted by Gasteiger charge is -2.19. The molecule has 2 aliphatic rings. The smallest absolute Gasteiger partial charge is 0.0755 e. The largest absolute Gasteiger partial charge is 0.392 e. The molecule has 2 aliphatic carbocycles. The molecular formula is C23H37NO2S. The van der Waals surface area contributed by atoms with Crippen molar-refractivity contribution in [2.75, 3.05) is 32.1 Å². The average Bonchev–Trinajstić information content (AvgIpc) is 3.13. The molecule has 0 saturated heterocycles. The van der Waals surface area contributed by atoms with Gasteiger partial charge in [-0.2, -0.15) is 11.8 Å². The van der Waals surface area contributed by atoms with Crippen LogP contribution in [0.5, 0.6) is 0 Å². The summed E-state index contributed by atoms with van der Waals surface area (Å²) >= 11 is 2.00. The van der Waals surface area contributed by atoms with Crippen molar-refractivity contribution < 1.29 is 10.2 Å². The van der Waals surface area contributed by atoms with Crippen molar-refractivity contribution >= 4 is 11.8 Å². The number of aliphatic hydroxyl groups excluding tert-OH is 2. The molecular weight excluding hydrogens is 354 g/mol. The van der Waals surface area contributed by atoms with E-state index in [1.807, 2.05) is 31.7 Å². The summed E-state index contributed by atoms with van der Waals surface area (Å²) in [5.41, 5.74) is 1.57. The van der Waals surface area contributed by atoms with Gasteiger partial charge in [0.2, 0.25) is 0 Å². The number of allylic oxidation sites excluding steroid dienone is 1. The second kappa shape index (κ2) is 11.3. The lowest BCUT2D eigenvalue weighted by atomic mass is 9.89. The number of fused-ring (bicyclic) bond motifs is 1. The topological polar surface area (TPSA) is 43.7 Å². The van der Waals surface area contributed by atoms with Crippen LogP contribution in [0.3, 0.4) is 0 Å². The molecule has 0 bridgehead atoms. The van der Waals surface area contributed by atoms with E-state index in [4.69, 9.17) is 0 Å². The molecule has 4 heteroatoms. The number of hydrogen-bond acceptors (Lipinski definition) is 4. The van der Waals surface area contributed by atoms with Gasteiger partial charge in [-0.3, -0.25) is 0 Å². The van der Waals surface area contributed by atoms with Crippen molar-refractivity contribution in [3.8, 4) is 11.8 Å². The molecule has 0 aromatic heterocycles. The maximum Gasteiger partial charge on any atom is 0.0755 e. The molecule has 0 heterocycles. The highest BCUT2D eigenvalue weighted by Crippen LogP contribution is 2.50. The summed E-state index contributed by atoms with van der Waals surface area (Å²) in [6.45, 7) is 4.98. The predicted octanol–water partition coefficient (Wildman–Crippen LogP) is 3.58. The lowest BCUT2D eigenvalue weighted by molar-refractivity contribution is 0.137. The summed E-state index contributed by atoms with van der Waals surface area (Å²) in [5.74, 6) is 9.64. The zero-order valence-corrected chi connectivity index (χ0v) is 18.2. The number of nitrogens with zero attached hydrogens (tertiary/aromatic N) is 1. The minimum atomic E-state index is -0.485. The average molecular weight is 392 g/mol. The number of aliphatic hydroxyl groups is 2. The maximum atomic E-state index is 10.5. The van der Waals surface area contributed by atoms with E-state index in [1.165, 1.54) is 5.75 Å². The Morgan fingerprint density at radius 1 is 1.33 bits per heavy atom. The van der Waals surface area contributed by atoms with E-state index in [-0.39, 0.29) is 17.9 Å². The maximum absolute atomic E-state index is 10.5. The van der Waals surface area contributed by atoms with E-state index in [0.717, 1.165) is 31.6 Å². The lowest BCUT2D eigenvalue weighted by Crippen LogP contribution is -2.19. The van der Waals surface area contributed by atoms with E-state index >= 15 is 0 Å². The van der Waals surface area contributed by atoms with Gasteiger partial charge in [-0.1, -0.05) is 30.7 Å². The fourth-order valence-electron chi connectivity index (χ4n) is 4.26. The highest BCUT2D eigenvalue weighted by Gasteiger charge is 2.44. The molecule has 2 rings (SSSR count). The summed E-state index contributed by atoms with van der Waals surface area (Å²) in [7, 11) is 4.23. The summed E-state index contributed by atoms with van der Waals surface area (Å²) in [4.78, 5) is 2.22. The molecule has 2 N–H and O–H groups in total. The summed E-state index contributed by atoms with van der Waals surface area (Å²) in [6, 6.07) is 0. The fraction of sp³-hybridized carbons (Fsp3) is 0.739. The highest BCUT2D eigenvalue weighted by molar-refractivity contribution is 7.99. The van der Waals surface area contributed by atoms with Gasteiger partial charge >= 0.3 is 0 Å². The third kappa shape index (κ3) is 6.98. The number of hydrogen-bond donors (Lipinski definition) is 2. The zero-order valence-electron chi connectivity index (χ0n) is 17.4. The number of thioether (sulfide) groups is 1. The third-order valence-corrected chi connectivity index (χ3v) is 6.87. The van der Waals surface area contributed by atoms with Crippen LogP contribution in [-0.2, 0) is 0 Å². The van der Waals surface area contributed by atoms with E-state index < -0.39 is 6.10 Å². The number of rotatable bonds is 9. The van der Waals surface area contributed by atoms with Gasteiger partial charge in [-0.25, -0.2) is 0 Å². The molecule has 6 atom stereocenters. The Hall–Kier alpha value is -0.730. The SMILES string of the molecule is CC#CC[C@H](C)[C@H](O)C=C[C@@H]1[C@H]2CC(=CCSCCN(C)C)C[C@H]2C[C@H]1O. The molecule has 0 aromatic carbocycles. The van der Waals surface area contributed by atoms with Crippen LogP contribution in [0.4, 0.5) is 0 Å². The minimum Gasteiger partial charge on any atom is -0.392 e. The highest BCUT2D eigenvalue weighted by atomic mass is 32.2. The van der Waals surface area contributed by atoms with E-state index in [1.54, 1.807) is 5.57 Å². The molecule has 152 valence electrons. The Morgan fingerprint density at radius 2 is 2.11 bits per heavy atom. The zero-order chi connectivity index (χ0) is 19.8. The molecule has 27 heavy (non-hydrogen) atoms. The van der Waals surface area contributed by atoms with Gasteiger partial charge in [0.1, 0.15) is 0 Å². The van der Waals surface area contributed by atoms with Crippen LogP contribution in [-0.4, -0.2) is 59.5 Å². The Balaban J connectivity index is 1.85. The Kier molecular flexibility index (Phi) is 9.45. The van der Waals surface area contributed by atoms with Gasteiger partial charge in [0.25, 0.3) is 0 Å². The molecule has 2 saturated carbocycles. The third-order valence-electron chi connectivity index (χ3n) is 6.00.